The van der Waals surface area contributed by atoms with Crippen molar-refractivity contribution in [1.29, 1.82) is 0 Å². The van der Waals surface area contributed by atoms with Crippen LogP contribution in [0.25, 0.3) is 10.4 Å². The van der Waals surface area contributed by atoms with E-state index in [4.69, 9.17) is 15.0 Å². The third-order valence-corrected chi connectivity index (χ3v) is 5.65. The maximum Gasteiger partial charge on any atom is 0.184 e. The Balaban J connectivity index is 1.61. The molecule has 5 nitrogen and oxygen atoms in total. The van der Waals surface area contributed by atoms with Crippen molar-refractivity contribution in [2.75, 3.05) is 6.61 Å². The summed E-state index contributed by atoms with van der Waals surface area (Å²) in [5, 5.41) is 3.85. The van der Waals surface area contributed by atoms with Crippen LogP contribution in [0, 0.1) is 0 Å². The Morgan fingerprint density at radius 1 is 0.967 bits per heavy atom. The Morgan fingerprint density at radius 3 is 2.23 bits per heavy atom. The molecule has 1 heterocycles. The van der Waals surface area contributed by atoms with E-state index in [0.717, 1.165) is 12.0 Å². The van der Waals surface area contributed by atoms with Gasteiger partial charge in [-0.1, -0.05) is 119 Å². The molecule has 1 aliphatic rings. The van der Waals surface area contributed by atoms with Crippen LogP contribution in [0.2, 0.25) is 0 Å². The van der Waals surface area contributed by atoms with Crippen LogP contribution in [0.1, 0.15) is 95.8 Å². The van der Waals surface area contributed by atoms with E-state index < -0.39 is 6.29 Å². The fraction of sp³-hybridized carbons (Fsp3) is 0.680. The summed E-state index contributed by atoms with van der Waals surface area (Å²) in [6.45, 7) is 2.64. The molecule has 2 rings (SSSR count). The van der Waals surface area contributed by atoms with Crippen LogP contribution in [0.5, 0.6) is 0 Å². The molecule has 0 aromatic heterocycles. The van der Waals surface area contributed by atoms with Crippen LogP contribution in [-0.2, 0) is 9.47 Å². The van der Waals surface area contributed by atoms with E-state index in [-0.39, 0.29) is 12.1 Å². The second kappa shape index (κ2) is 16.0. The van der Waals surface area contributed by atoms with Gasteiger partial charge in [-0.25, -0.2) is 0 Å². The average molecular weight is 414 g/mol. The van der Waals surface area contributed by atoms with Gasteiger partial charge in [-0.3, -0.25) is 0 Å². The maximum absolute atomic E-state index is 8.83. The van der Waals surface area contributed by atoms with Crippen molar-refractivity contribution < 1.29 is 9.47 Å². The zero-order valence-corrected chi connectivity index (χ0v) is 18.6. The standard InChI is InChI=1S/C25H39N3O2/c1-2-3-4-5-6-7-8-9-10-11-12-13-17-20-24-23(27-28-26)21-29-25(30-24)22-18-15-14-16-19-22/h14-20,23-25H,2-13,21H2,1H3/b20-17+/t23-,24+,25?/m0/s1. The van der Waals surface area contributed by atoms with Crippen LogP contribution in [-0.4, -0.2) is 18.8 Å². The first-order valence-corrected chi connectivity index (χ1v) is 11.9. The molecule has 5 heteroatoms. The van der Waals surface area contributed by atoms with E-state index in [1.54, 1.807) is 0 Å². The Kier molecular flexibility index (Phi) is 13.0. The van der Waals surface area contributed by atoms with Gasteiger partial charge >= 0.3 is 0 Å². The summed E-state index contributed by atoms with van der Waals surface area (Å²) >= 11 is 0. The molecule has 1 unspecified atom stereocenters. The van der Waals surface area contributed by atoms with Gasteiger partial charge in [0.25, 0.3) is 0 Å². The minimum atomic E-state index is -0.409. The normalized spacial score (nSPS) is 21.6. The van der Waals surface area contributed by atoms with Crippen LogP contribution in [0.15, 0.2) is 47.6 Å². The molecule has 0 amide bonds. The Hall–Kier alpha value is -1.81. The van der Waals surface area contributed by atoms with Crippen molar-refractivity contribution in [2.45, 2.75) is 102 Å². The zero-order chi connectivity index (χ0) is 21.3. The molecule has 0 saturated carbocycles. The van der Waals surface area contributed by atoms with Crippen LogP contribution in [0.3, 0.4) is 0 Å². The number of rotatable bonds is 15. The van der Waals surface area contributed by atoms with E-state index in [9.17, 15) is 0 Å². The first-order valence-electron chi connectivity index (χ1n) is 11.9. The predicted octanol–water partition coefficient (Wildman–Crippen LogP) is 8.04. The maximum atomic E-state index is 8.83. The van der Waals surface area contributed by atoms with Crippen molar-refractivity contribution >= 4 is 0 Å². The molecule has 3 atom stereocenters. The van der Waals surface area contributed by atoms with Crippen molar-refractivity contribution in [3.05, 3.63) is 58.5 Å². The van der Waals surface area contributed by atoms with Crippen molar-refractivity contribution in [3.63, 3.8) is 0 Å². The molecule has 30 heavy (non-hydrogen) atoms. The third kappa shape index (κ3) is 9.80. The van der Waals surface area contributed by atoms with Crippen molar-refractivity contribution in [1.82, 2.24) is 0 Å². The van der Waals surface area contributed by atoms with Gasteiger partial charge in [0.05, 0.1) is 18.8 Å². The van der Waals surface area contributed by atoms with Gasteiger partial charge in [-0.2, -0.15) is 0 Å². The minimum Gasteiger partial charge on any atom is -0.348 e. The highest BCUT2D eigenvalue weighted by Gasteiger charge is 2.30. The van der Waals surface area contributed by atoms with Crippen molar-refractivity contribution in [2.24, 2.45) is 5.11 Å². The molecular weight excluding hydrogens is 374 g/mol. The number of azide groups is 1. The van der Waals surface area contributed by atoms with Crippen LogP contribution < -0.4 is 0 Å². The van der Waals surface area contributed by atoms with Crippen LogP contribution >= 0.6 is 0 Å². The fourth-order valence-electron chi connectivity index (χ4n) is 3.83. The molecule has 1 aromatic carbocycles. The van der Waals surface area contributed by atoms with Gasteiger partial charge in [0.15, 0.2) is 6.29 Å². The quantitative estimate of drug-likeness (QED) is 0.0959. The molecule has 1 saturated heterocycles. The molecule has 0 N–H and O–H groups in total. The van der Waals surface area contributed by atoms with E-state index in [1.807, 2.05) is 36.4 Å². The first kappa shape index (κ1) is 24.5. The van der Waals surface area contributed by atoms with E-state index >= 15 is 0 Å². The smallest absolute Gasteiger partial charge is 0.184 e. The topological polar surface area (TPSA) is 67.2 Å². The van der Waals surface area contributed by atoms with E-state index in [1.165, 1.54) is 70.6 Å². The monoisotopic (exact) mass is 413 g/mol. The zero-order valence-electron chi connectivity index (χ0n) is 18.6. The lowest BCUT2D eigenvalue weighted by Crippen LogP contribution is -2.37. The summed E-state index contributed by atoms with van der Waals surface area (Å²) in [7, 11) is 0. The van der Waals surface area contributed by atoms with E-state index in [0.29, 0.717) is 6.61 Å². The Bertz CT molecular complexity index is 629. The Labute approximate surface area is 182 Å². The van der Waals surface area contributed by atoms with Gasteiger partial charge in [0.2, 0.25) is 0 Å². The fourth-order valence-corrected chi connectivity index (χ4v) is 3.83. The van der Waals surface area contributed by atoms with Gasteiger partial charge in [0.1, 0.15) is 0 Å². The van der Waals surface area contributed by atoms with Crippen molar-refractivity contribution in [3.8, 4) is 0 Å². The van der Waals surface area contributed by atoms with E-state index in [2.05, 4.69) is 23.0 Å². The highest BCUT2D eigenvalue weighted by molar-refractivity contribution is 5.17. The number of unbranched alkanes of at least 4 members (excludes halogenated alkanes) is 11. The molecule has 1 aromatic rings. The van der Waals surface area contributed by atoms with Gasteiger partial charge in [0, 0.05) is 10.5 Å². The highest BCUT2D eigenvalue weighted by Crippen LogP contribution is 2.28. The molecule has 0 spiro atoms. The lowest BCUT2D eigenvalue weighted by Gasteiger charge is -2.33. The molecule has 1 fully saturated rings. The summed E-state index contributed by atoms with van der Waals surface area (Å²) in [5.41, 5.74) is 9.81. The molecule has 0 aliphatic carbocycles. The predicted molar refractivity (Wildman–Crippen MR) is 123 cm³/mol. The second-order valence-electron chi connectivity index (χ2n) is 8.20. The lowest BCUT2D eigenvalue weighted by atomic mass is 10.0. The van der Waals surface area contributed by atoms with Crippen LogP contribution in [0.4, 0.5) is 0 Å². The number of hydrogen-bond acceptors (Lipinski definition) is 3. The number of nitrogens with zero attached hydrogens (tertiary/aromatic N) is 3. The average Bonchev–Trinajstić information content (AvgIpc) is 2.78. The summed E-state index contributed by atoms with van der Waals surface area (Å²) < 4.78 is 11.8. The molecule has 0 bridgehead atoms. The molecular formula is C25H39N3O2. The minimum absolute atomic E-state index is 0.243. The first-order chi connectivity index (χ1) is 14.8. The molecule has 1 aliphatic heterocycles. The van der Waals surface area contributed by atoms with Gasteiger partial charge in [-0.05, 0) is 18.4 Å². The second-order valence-corrected chi connectivity index (χ2v) is 8.20. The largest absolute Gasteiger partial charge is 0.348 e. The number of ether oxygens (including phenoxy) is 2. The lowest BCUT2D eigenvalue weighted by molar-refractivity contribution is -0.212. The summed E-state index contributed by atoms with van der Waals surface area (Å²) in [6.07, 6.45) is 19.5. The number of allylic oxidation sites excluding steroid dienone is 1. The summed E-state index contributed by atoms with van der Waals surface area (Å²) in [5.74, 6) is 0. The Morgan fingerprint density at radius 2 is 1.60 bits per heavy atom. The highest BCUT2D eigenvalue weighted by atomic mass is 16.7. The SMILES string of the molecule is CCCCCCCCCCCCC/C=C/[C@H]1OC(c2ccccc2)OC[C@@H]1N=[N+]=[N-]. The molecule has 0 radical (unpaired) electrons. The summed E-state index contributed by atoms with van der Waals surface area (Å²) in [6, 6.07) is 9.58. The summed E-state index contributed by atoms with van der Waals surface area (Å²) in [4.78, 5) is 2.95. The van der Waals surface area contributed by atoms with Gasteiger partial charge < -0.3 is 9.47 Å². The number of benzene rings is 1. The molecule has 166 valence electrons. The third-order valence-electron chi connectivity index (χ3n) is 5.65. The number of hydrogen-bond donors (Lipinski definition) is 0. The van der Waals surface area contributed by atoms with Gasteiger partial charge in [-0.15, -0.1) is 0 Å².